The van der Waals surface area contributed by atoms with E-state index < -0.39 is 0 Å². The van der Waals surface area contributed by atoms with Gasteiger partial charge in [-0.15, -0.1) is 0 Å². The highest BCUT2D eigenvalue weighted by molar-refractivity contribution is 5.76. The predicted octanol–water partition coefficient (Wildman–Crippen LogP) is 4.08. The Morgan fingerprint density at radius 1 is 1.17 bits per heavy atom. The molecule has 0 atom stereocenters. The van der Waals surface area contributed by atoms with Crippen molar-refractivity contribution in [1.29, 1.82) is 5.26 Å². The van der Waals surface area contributed by atoms with Crippen molar-refractivity contribution in [3.8, 4) is 6.07 Å². The van der Waals surface area contributed by atoms with Gasteiger partial charge >= 0.3 is 0 Å². The standard InChI is InChI=1S/C20H19N3O/c21-12-15-1-3-16(4-2-15)17-6-9-23(10-7-17)14-19-11-18-13-22-8-5-20(18)24-19/h1-5,8,11,13,17H,6-7,9-10,14H2. The van der Waals surface area contributed by atoms with Crippen LogP contribution in [0.15, 0.2) is 53.2 Å². The molecule has 0 N–H and O–H groups in total. The first-order valence-electron chi connectivity index (χ1n) is 8.37. The number of nitrogens with zero attached hydrogens (tertiary/aromatic N) is 3. The number of likely N-dealkylation sites (tertiary alicyclic amines) is 1. The van der Waals surface area contributed by atoms with Gasteiger partial charge in [-0.25, -0.2) is 0 Å². The van der Waals surface area contributed by atoms with Crippen LogP contribution in [0, 0.1) is 11.3 Å². The third-order valence-corrected chi connectivity index (χ3v) is 4.85. The van der Waals surface area contributed by atoms with E-state index in [9.17, 15) is 0 Å². The molecule has 2 aromatic heterocycles. The molecule has 4 heteroatoms. The fourth-order valence-corrected chi connectivity index (χ4v) is 3.49. The monoisotopic (exact) mass is 317 g/mol. The molecule has 0 aliphatic carbocycles. The Kier molecular flexibility index (Phi) is 4.02. The highest BCUT2D eigenvalue weighted by Crippen LogP contribution is 2.29. The van der Waals surface area contributed by atoms with Gasteiger partial charge in [-0.1, -0.05) is 12.1 Å². The number of hydrogen-bond donors (Lipinski definition) is 0. The second kappa shape index (κ2) is 6.46. The van der Waals surface area contributed by atoms with Crippen molar-refractivity contribution in [1.82, 2.24) is 9.88 Å². The molecule has 1 saturated heterocycles. The lowest BCUT2D eigenvalue weighted by Gasteiger charge is -2.31. The molecule has 4 rings (SSSR count). The van der Waals surface area contributed by atoms with Crippen LogP contribution in [0.5, 0.6) is 0 Å². The molecule has 0 bridgehead atoms. The third kappa shape index (κ3) is 3.04. The van der Waals surface area contributed by atoms with Crippen molar-refractivity contribution in [3.05, 3.63) is 65.7 Å². The van der Waals surface area contributed by atoms with E-state index in [-0.39, 0.29) is 0 Å². The molecule has 0 spiro atoms. The Balaban J connectivity index is 1.38. The number of hydrogen-bond acceptors (Lipinski definition) is 4. The van der Waals surface area contributed by atoms with Crippen molar-refractivity contribution < 1.29 is 4.42 Å². The van der Waals surface area contributed by atoms with E-state index in [2.05, 4.69) is 34.2 Å². The predicted molar refractivity (Wildman–Crippen MR) is 92.4 cm³/mol. The Morgan fingerprint density at radius 2 is 1.96 bits per heavy atom. The van der Waals surface area contributed by atoms with Crippen molar-refractivity contribution in [2.45, 2.75) is 25.3 Å². The molecule has 24 heavy (non-hydrogen) atoms. The molecule has 0 amide bonds. The fraction of sp³-hybridized carbons (Fsp3) is 0.300. The second-order valence-electron chi connectivity index (χ2n) is 6.41. The number of rotatable bonds is 3. The summed E-state index contributed by atoms with van der Waals surface area (Å²) in [7, 11) is 0. The number of furan rings is 1. The molecule has 0 radical (unpaired) electrons. The van der Waals surface area contributed by atoms with Crippen LogP contribution in [0.3, 0.4) is 0 Å². The van der Waals surface area contributed by atoms with Crippen LogP contribution in [0.25, 0.3) is 11.0 Å². The number of piperidine rings is 1. The Morgan fingerprint density at radius 3 is 2.67 bits per heavy atom. The summed E-state index contributed by atoms with van der Waals surface area (Å²) in [4.78, 5) is 6.58. The van der Waals surface area contributed by atoms with Crippen LogP contribution in [0.2, 0.25) is 0 Å². The molecular formula is C20H19N3O. The van der Waals surface area contributed by atoms with Gasteiger partial charge in [-0.3, -0.25) is 9.88 Å². The van der Waals surface area contributed by atoms with E-state index >= 15 is 0 Å². The molecule has 1 aliphatic heterocycles. The number of nitriles is 1. The smallest absolute Gasteiger partial charge is 0.137 e. The van der Waals surface area contributed by atoms with E-state index in [1.165, 1.54) is 5.56 Å². The number of aromatic nitrogens is 1. The normalized spacial score (nSPS) is 16.3. The van der Waals surface area contributed by atoms with Crippen LogP contribution in [0.1, 0.15) is 35.6 Å². The lowest BCUT2D eigenvalue weighted by molar-refractivity contribution is 0.192. The van der Waals surface area contributed by atoms with Gasteiger partial charge in [0.05, 0.1) is 18.2 Å². The van der Waals surface area contributed by atoms with Gasteiger partial charge in [0.2, 0.25) is 0 Å². The summed E-state index contributed by atoms with van der Waals surface area (Å²) in [6, 6.07) is 14.2. The summed E-state index contributed by atoms with van der Waals surface area (Å²) in [6.45, 7) is 2.99. The second-order valence-corrected chi connectivity index (χ2v) is 6.41. The number of pyridine rings is 1. The van der Waals surface area contributed by atoms with E-state index in [1.807, 2.05) is 24.4 Å². The van der Waals surface area contributed by atoms with E-state index in [0.29, 0.717) is 5.92 Å². The molecule has 0 unspecified atom stereocenters. The minimum absolute atomic E-state index is 0.592. The largest absolute Gasteiger partial charge is 0.460 e. The molecule has 1 aromatic carbocycles. The van der Waals surface area contributed by atoms with Crippen LogP contribution in [0.4, 0.5) is 0 Å². The van der Waals surface area contributed by atoms with Crippen molar-refractivity contribution in [3.63, 3.8) is 0 Å². The third-order valence-electron chi connectivity index (χ3n) is 4.85. The maximum atomic E-state index is 8.90. The Labute approximate surface area is 141 Å². The SMILES string of the molecule is N#Cc1ccc(C2CCN(Cc3cc4cnccc4o3)CC2)cc1. The van der Waals surface area contributed by atoms with Gasteiger partial charge in [0.1, 0.15) is 11.3 Å². The quantitative estimate of drug-likeness (QED) is 0.730. The highest BCUT2D eigenvalue weighted by Gasteiger charge is 2.21. The van der Waals surface area contributed by atoms with Gasteiger partial charge in [-0.2, -0.15) is 5.26 Å². The van der Waals surface area contributed by atoms with Crippen LogP contribution >= 0.6 is 0 Å². The maximum Gasteiger partial charge on any atom is 0.137 e. The molecular weight excluding hydrogens is 298 g/mol. The van der Waals surface area contributed by atoms with Crippen molar-refractivity contribution in [2.24, 2.45) is 0 Å². The van der Waals surface area contributed by atoms with Crippen molar-refractivity contribution >= 4 is 11.0 Å². The average molecular weight is 317 g/mol. The first-order chi connectivity index (χ1) is 11.8. The van der Waals surface area contributed by atoms with Gasteiger partial charge in [0, 0.05) is 17.8 Å². The van der Waals surface area contributed by atoms with Gasteiger partial charge < -0.3 is 4.42 Å². The zero-order chi connectivity index (χ0) is 16.4. The molecule has 1 aliphatic rings. The van der Waals surface area contributed by atoms with E-state index in [0.717, 1.165) is 54.8 Å². The Hall–Kier alpha value is -2.64. The minimum atomic E-state index is 0.592. The van der Waals surface area contributed by atoms with E-state index in [4.69, 9.17) is 9.68 Å². The zero-order valence-corrected chi connectivity index (χ0v) is 13.5. The molecule has 1 fully saturated rings. The average Bonchev–Trinajstić information content (AvgIpc) is 3.05. The van der Waals surface area contributed by atoms with Crippen LogP contribution in [-0.4, -0.2) is 23.0 Å². The summed E-state index contributed by atoms with van der Waals surface area (Å²) in [6.07, 6.45) is 5.90. The maximum absolute atomic E-state index is 8.90. The molecule has 3 heterocycles. The molecule has 4 nitrogen and oxygen atoms in total. The van der Waals surface area contributed by atoms with Crippen molar-refractivity contribution in [2.75, 3.05) is 13.1 Å². The van der Waals surface area contributed by atoms with Gasteiger partial charge in [-0.05, 0) is 61.7 Å². The van der Waals surface area contributed by atoms with Gasteiger partial charge in [0.25, 0.3) is 0 Å². The first-order valence-corrected chi connectivity index (χ1v) is 8.37. The van der Waals surface area contributed by atoms with Gasteiger partial charge in [0.15, 0.2) is 0 Å². The topological polar surface area (TPSA) is 53.1 Å². The van der Waals surface area contributed by atoms with Crippen LogP contribution < -0.4 is 0 Å². The van der Waals surface area contributed by atoms with E-state index in [1.54, 1.807) is 6.20 Å². The zero-order valence-electron chi connectivity index (χ0n) is 13.5. The lowest BCUT2D eigenvalue weighted by Crippen LogP contribution is -2.32. The summed E-state index contributed by atoms with van der Waals surface area (Å²) in [5.74, 6) is 1.60. The van der Waals surface area contributed by atoms with Crippen LogP contribution in [-0.2, 0) is 6.54 Å². The molecule has 3 aromatic rings. The Bertz CT molecular complexity index is 835. The summed E-state index contributed by atoms with van der Waals surface area (Å²) in [5, 5.41) is 9.97. The minimum Gasteiger partial charge on any atom is -0.460 e. The fourth-order valence-electron chi connectivity index (χ4n) is 3.49. The molecule has 120 valence electrons. The number of benzene rings is 1. The summed E-state index contributed by atoms with van der Waals surface area (Å²) < 4.78 is 5.90. The summed E-state index contributed by atoms with van der Waals surface area (Å²) in [5.41, 5.74) is 2.99. The summed E-state index contributed by atoms with van der Waals surface area (Å²) >= 11 is 0. The lowest BCUT2D eigenvalue weighted by atomic mass is 9.89. The molecule has 0 saturated carbocycles. The number of fused-ring (bicyclic) bond motifs is 1. The first kappa shape index (κ1) is 14.9. The highest BCUT2D eigenvalue weighted by atomic mass is 16.3.